The summed E-state index contributed by atoms with van der Waals surface area (Å²) in [6.45, 7) is 5.72. The number of hydrogen-bond donors (Lipinski definition) is 1. The first-order valence-electron chi connectivity index (χ1n) is 12.3. The summed E-state index contributed by atoms with van der Waals surface area (Å²) in [7, 11) is 1.31. The summed E-state index contributed by atoms with van der Waals surface area (Å²) in [4.78, 5) is 41.8. The molecule has 1 N–H and O–H groups in total. The van der Waals surface area contributed by atoms with Crippen LogP contribution in [0.15, 0.2) is 60.7 Å². The third kappa shape index (κ3) is 6.26. The number of amides is 2. The summed E-state index contributed by atoms with van der Waals surface area (Å²) in [6, 6.07) is 17.8. The predicted octanol–water partition coefficient (Wildman–Crippen LogP) is 4.72. The smallest absolute Gasteiger partial charge is 0.337 e. The number of ether oxygens (including phenoxy) is 2. The third-order valence-electron chi connectivity index (χ3n) is 6.40. The van der Waals surface area contributed by atoms with Gasteiger partial charge in [-0.25, -0.2) is 4.79 Å². The number of carbonyl (C=O) groups is 3. The average Bonchev–Trinajstić information content (AvgIpc) is 2.94. The van der Waals surface area contributed by atoms with Crippen molar-refractivity contribution in [3.8, 4) is 5.75 Å². The number of benzene rings is 3. The van der Waals surface area contributed by atoms with Crippen LogP contribution in [0.5, 0.6) is 5.75 Å². The van der Waals surface area contributed by atoms with Gasteiger partial charge in [-0.2, -0.15) is 0 Å². The molecule has 8 nitrogen and oxygen atoms in total. The van der Waals surface area contributed by atoms with Gasteiger partial charge in [-0.3, -0.25) is 9.59 Å². The molecule has 2 amide bonds. The molecular formula is C29H30ClN3O5. The molecule has 0 unspecified atom stereocenters. The van der Waals surface area contributed by atoms with E-state index in [-0.39, 0.29) is 18.4 Å². The molecule has 9 heteroatoms. The van der Waals surface area contributed by atoms with Crippen LogP contribution in [0, 0.1) is 13.8 Å². The van der Waals surface area contributed by atoms with E-state index in [0.29, 0.717) is 53.8 Å². The highest BCUT2D eigenvalue weighted by molar-refractivity contribution is 6.32. The third-order valence-corrected chi connectivity index (χ3v) is 7.00. The van der Waals surface area contributed by atoms with Gasteiger partial charge >= 0.3 is 5.97 Å². The number of anilines is 2. The van der Waals surface area contributed by atoms with Crippen LogP contribution in [0.3, 0.4) is 0 Å². The summed E-state index contributed by atoms with van der Waals surface area (Å²) in [6.07, 6.45) is 0. The molecule has 0 aromatic heterocycles. The minimum atomic E-state index is -0.506. The SMILES string of the molecule is COC(=O)c1ccc(N2CCN(C(=O)c3ccccc3)CC2)c(NC(=O)COc2cc(C)c(Cl)c(C)c2)c1. The van der Waals surface area contributed by atoms with Gasteiger partial charge in [-0.15, -0.1) is 0 Å². The molecule has 198 valence electrons. The number of piperazine rings is 1. The molecule has 38 heavy (non-hydrogen) atoms. The second-order valence-corrected chi connectivity index (χ2v) is 9.45. The fourth-order valence-corrected chi connectivity index (χ4v) is 4.50. The maximum atomic E-state index is 12.9. The van der Waals surface area contributed by atoms with Crippen molar-refractivity contribution < 1.29 is 23.9 Å². The monoisotopic (exact) mass is 535 g/mol. The Morgan fingerprint density at radius 1 is 0.895 bits per heavy atom. The standard InChI is InChI=1S/C29H30ClN3O5/c1-19-15-23(16-20(2)27(19)30)38-18-26(34)31-24-17-22(29(36)37-3)9-10-25(24)32-11-13-33(14-12-32)28(35)21-7-5-4-6-8-21/h4-10,15-17H,11-14,18H2,1-3H3,(H,31,34). The van der Waals surface area contributed by atoms with Crippen LogP contribution in [0.25, 0.3) is 0 Å². The van der Waals surface area contributed by atoms with Gasteiger partial charge in [0.15, 0.2) is 6.61 Å². The van der Waals surface area contributed by atoms with Gasteiger partial charge in [0.05, 0.1) is 24.0 Å². The van der Waals surface area contributed by atoms with E-state index < -0.39 is 5.97 Å². The molecule has 3 aromatic carbocycles. The lowest BCUT2D eigenvalue weighted by Gasteiger charge is -2.37. The first-order chi connectivity index (χ1) is 18.3. The average molecular weight is 536 g/mol. The van der Waals surface area contributed by atoms with Crippen molar-refractivity contribution in [1.29, 1.82) is 0 Å². The van der Waals surface area contributed by atoms with Gasteiger partial charge in [0.2, 0.25) is 0 Å². The molecule has 3 aromatic rings. The Hall–Kier alpha value is -4.04. The zero-order valence-electron chi connectivity index (χ0n) is 21.6. The minimum Gasteiger partial charge on any atom is -0.484 e. The van der Waals surface area contributed by atoms with Crippen molar-refractivity contribution in [1.82, 2.24) is 4.90 Å². The van der Waals surface area contributed by atoms with Gasteiger partial charge < -0.3 is 24.6 Å². The highest BCUT2D eigenvalue weighted by atomic mass is 35.5. The van der Waals surface area contributed by atoms with Gasteiger partial charge in [0.1, 0.15) is 5.75 Å². The molecule has 1 aliphatic heterocycles. The molecule has 0 atom stereocenters. The second-order valence-electron chi connectivity index (χ2n) is 9.08. The highest BCUT2D eigenvalue weighted by Crippen LogP contribution is 2.30. The lowest BCUT2D eigenvalue weighted by Crippen LogP contribution is -2.49. The van der Waals surface area contributed by atoms with Crippen LogP contribution >= 0.6 is 11.6 Å². The van der Waals surface area contributed by atoms with Crippen LogP contribution in [-0.2, 0) is 9.53 Å². The number of rotatable bonds is 7. The lowest BCUT2D eigenvalue weighted by atomic mass is 10.1. The summed E-state index contributed by atoms with van der Waals surface area (Å²) >= 11 is 6.22. The molecule has 0 radical (unpaired) electrons. The molecule has 1 saturated heterocycles. The van der Waals surface area contributed by atoms with Crippen molar-refractivity contribution in [3.63, 3.8) is 0 Å². The molecule has 0 spiro atoms. The normalized spacial score (nSPS) is 13.2. The fourth-order valence-electron chi connectivity index (χ4n) is 4.40. The number of aryl methyl sites for hydroxylation is 2. The van der Waals surface area contributed by atoms with E-state index in [4.69, 9.17) is 21.1 Å². The molecule has 0 bridgehead atoms. The van der Waals surface area contributed by atoms with Crippen molar-refractivity contribution in [2.45, 2.75) is 13.8 Å². The van der Waals surface area contributed by atoms with E-state index in [9.17, 15) is 14.4 Å². The quantitative estimate of drug-likeness (QED) is 0.440. The van der Waals surface area contributed by atoms with Crippen LogP contribution in [-0.4, -0.2) is 62.6 Å². The van der Waals surface area contributed by atoms with E-state index in [1.165, 1.54) is 7.11 Å². The Kier molecular flexibility index (Phi) is 8.53. The van der Waals surface area contributed by atoms with Gasteiger partial charge in [-0.1, -0.05) is 29.8 Å². The lowest BCUT2D eigenvalue weighted by molar-refractivity contribution is -0.118. The zero-order chi connectivity index (χ0) is 27.2. The number of nitrogens with zero attached hydrogens (tertiary/aromatic N) is 2. The van der Waals surface area contributed by atoms with E-state index >= 15 is 0 Å². The number of nitrogens with one attached hydrogen (secondary N) is 1. The summed E-state index contributed by atoms with van der Waals surface area (Å²) < 4.78 is 10.6. The Balaban J connectivity index is 1.47. The van der Waals surface area contributed by atoms with E-state index in [2.05, 4.69) is 10.2 Å². The first-order valence-corrected chi connectivity index (χ1v) is 12.7. The number of methoxy groups -OCH3 is 1. The Morgan fingerprint density at radius 2 is 1.55 bits per heavy atom. The maximum absolute atomic E-state index is 12.9. The largest absolute Gasteiger partial charge is 0.484 e. The molecule has 4 rings (SSSR count). The molecule has 1 fully saturated rings. The Bertz CT molecular complexity index is 1310. The van der Waals surface area contributed by atoms with Crippen LogP contribution in [0.4, 0.5) is 11.4 Å². The fraction of sp³-hybridized carbons (Fsp3) is 0.276. The van der Waals surface area contributed by atoms with Crippen LogP contribution in [0.2, 0.25) is 5.02 Å². The highest BCUT2D eigenvalue weighted by Gasteiger charge is 2.24. The Labute approximate surface area is 227 Å². The molecule has 0 aliphatic carbocycles. The number of halogens is 1. The first kappa shape index (κ1) is 27.0. The van der Waals surface area contributed by atoms with Crippen molar-refractivity contribution in [3.05, 3.63) is 87.9 Å². The Morgan fingerprint density at radius 3 is 2.18 bits per heavy atom. The van der Waals surface area contributed by atoms with Crippen LogP contribution < -0.4 is 15.0 Å². The van der Waals surface area contributed by atoms with Gasteiger partial charge in [0, 0.05) is 36.8 Å². The summed E-state index contributed by atoms with van der Waals surface area (Å²) in [5, 5.41) is 3.54. The molecule has 1 aliphatic rings. The van der Waals surface area contributed by atoms with Gasteiger partial charge in [0.25, 0.3) is 11.8 Å². The number of hydrogen-bond acceptors (Lipinski definition) is 6. The molecule has 0 saturated carbocycles. The second kappa shape index (κ2) is 12.0. The number of carbonyl (C=O) groups excluding carboxylic acids is 3. The topological polar surface area (TPSA) is 88.2 Å². The molecule has 1 heterocycles. The van der Waals surface area contributed by atoms with Crippen molar-refractivity contribution in [2.24, 2.45) is 0 Å². The van der Waals surface area contributed by atoms with Crippen LogP contribution in [0.1, 0.15) is 31.8 Å². The van der Waals surface area contributed by atoms with Crippen molar-refractivity contribution >= 4 is 40.8 Å². The van der Waals surface area contributed by atoms with E-state index in [1.54, 1.807) is 30.3 Å². The molecular weight excluding hydrogens is 506 g/mol. The van der Waals surface area contributed by atoms with Crippen molar-refractivity contribution in [2.75, 3.05) is 50.1 Å². The van der Waals surface area contributed by atoms with Gasteiger partial charge in [-0.05, 0) is 67.4 Å². The number of esters is 1. The van der Waals surface area contributed by atoms with E-state index in [0.717, 1.165) is 16.8 Å². The van der Waals surface area contributed by atoms with E-state index in [1.807, 2.05) is 49.1 Å². The summed E-state index contributed by atoms with van der Waals surface area (Å²) in [5.41, 5.74) is 3.90. The maximum Gasteiger partial charge on any atom is 0.337 e. The zero-order valence-corrected chi connectivity index (χ0v) is 22.4. The predicted molar refractivity (Wildman–Crippen MR) is 147 cm³/mol. The minimum absolute atomic E-state index is 0.00960. The summed E-state index contributed by atoms with van der Waals surface area (Å²) in [5.74, 6) is -0.350.